The van der Waals surface area contributed by atoms with Crippen LogP contribution in [0, 0.1) is 6.92 Å². The highest BCUT2D eigenvalue weighted by atomic mass is 35.5. The zero-order chi connectivity index (χ0) is 16.6. The van der Waals surface area contributed by atoms with Crippen molar-refractivity contribution in [3.8, 4) is 0 Å². The minimum atomic E-state index is -0.456. The lowest BCUT2D eigenvalue weighted by atomic mass is 10.2. The Balaban J connectivity index is 1.93. The molecule has 0 aliphatic carbocycles. The van der Waals surface area contributed by atoms with Gasteiger partial charge in [-0.1, -0.05) is 40.6 Å². The minimum absolute atomic E-state index is 0.382. The number of aromatic nitrogens is 1. The van der Waals surface area contributed by atoms with E-state index in [9.17, 15) is 4.79 Å². The van der Waals surface area contributed by atoms with Crippen LogP contribution in [0.1, 0.15) is 5.56 Å². The molecular weight excluding hydrogens is 353 g/mol. The van der Waals surface area contributed by atoms with Crippen LogP contribution >= 0.6 is 34.5 Å². The number of nitrogens with zero attached hydrogens (tertiary/aromatic N) is 2. The van der Waals surface area contributed by atoms with Crippen LogP contribution in [0.15, 0.2) is 41.4 Å². The minimum Gasteiger partial charge on any atom is -0.319 e. The summed E-state index contributed by atoms with van der Waals surface area (Å²) in [5.41, 5.74) is 2.76. The van der Waals surface area contributed by atoms with Crippen LogP contribution in [0.4, 0.5) is 10.5 Å². The third-order valence-electron chi connectivity index (χ3n) is 3.33. The fourth-order valence-electron chi connectivity index (χ4n) is 2.16. The number of fused-ring (bicyclic) bond motifs is 1. The summed E-state index contributed by atoms with van der Waals surface area (Å²) in [5, 5.41) is 3.51. The van der Waals surface area contributed by atoms with Crippen LogP contribution in [0.3, 0.4) is 0 Å². The van der Waals surface area contributed by atoms with Crippen molar-refractivity contribution < 1.29 is 4.79 Å². The third kappa shape index (κ3) is 3.42. The molecule has 1 aromatic heterocycles. The van der Waals surface area contributed by atoms with Crippen LogP contribution in [0.2, 0.25) is 10.0 Å². The summed E-state index contributed by atoms with van der Waals surface area (Å²) >= 11 is 13.3. The van der Waals surface area contributed by atoms with Gasteiger partial charge in [-0.2, -0.15) is 4.99 Å². The Hall–Kier alpha value is -1.82. The molecule has 3 aromatic rings. The van der Waals surface area contributed by atoms with Gasteiger partial charge < -0.3 is 9.88 Å². The van der Waals surface area contributed by atoms with Gasteiger partial charge in [0.25, 0.3) is 0 Å². The average Bonchev–Trinajstić information content (AvgIpc) is 2.78. The number of halogens is 2. The summed E-state index contributed by atoms with van der Waals surface area (Å²) in [7, 11) is 1.89. The number of amides is 2. The molecule has 1 N–H and O–H groups in total. The lowest BCUT2D eigenvalue weighted by Gasteiger charge is -2.02. The Morgan fingerprint density at radius 1 is 1.17 bits per heavy atom. The number of carbonyl (C=O) groups is 1. The van der Waals surface area contributed by atoms with Gasteiger partial charge in [0, 0.05) is 12.7 Å². The van der Waals surface area contributed by atoms with E-state index in [4.69, 9.17) is 23.2 Å². The van der Waals surface area contributed by atoms with Crippen molar-refractivity contribution in [2.75, 3.05) is 5.32 Å². The highest BCUT2D eigenvalue weighted by Crippen LogP contribution is 2.25. The molecule has 0 spiro atoms. The van der Waals surface area contributed by atoms with E-state index in [0.29, 0.717) is 20.5 Å². The monoisotopic (exact) mass is 365 g/mol. The van der Waals surface area contributed by atoms with Crippen molar-refractivity contribution in [2.45, 2.75) is 6.92 Å². The molecule has 2 aromatic carbocycles. The Labute approximate surface area is 147 Å². The first-order valence-corrected chi connectivity index (χ1v) is 8.38. The summed E-state index contributed by atoms with van der Waals surface area (Å²) < 4.78 is 2.99. The maximum atomic E-state index is 12.1. The highest BCUT2D eigenvalue weighted by Gasteiger charge is 2.06. The van der Waals surface area contributed by atoms with Crippen LogP contribution in [-0.2, 0) is 7.05 Å². The molecule has 118 valence electrons. The van der Waals surface area contributed by atoms with Crippen molar-refractivity contribution in [1.82, 2.24) is 4.57 Å². The number of thiazole rings is 1. The number of urea groups is 1. The number of nitrogens with one attached hydrogen (secondary N) is 1. The molecule has 0 fully saturated rings. The van der Waals surface area contributed by atoms with E-state index in [1.54, 1.807) is 18.2 Å². The summed E-state index contributed by atoms with van der Waals surface area (Å²) in [4.78, 5) is 16.9. The topological polar surface area (TPSA) is 46.4 Å². The van der Waals surface area contributed by atoms with Gasteiger partial charge in [-0.15, -0.1) is 0 Å². The predicted octanol–water partition coefficient (Wildman–Crippen LogP) is 4.99. The molecule has 0 saturated heterocycles. The van der Waals surface area contributed by atoms with E-state index in [1.807, 2.05) is 30.7 Å². The van der Waals surface area contributed by atoms with Crippen molar-refractivity contribution in [3.63, 3.8) is 0 Å². The SMILES string of the molecule is Cc1ccc2c(c1)sc(=NC(=O)Nc1ccc(Cl)c(Cl)c1)n2C. The van der Waals surface area contributed by atoms with Crippen molar-refractivity contribution in [1.29, 1.82) is 0 Å². The average molecular weight is 366 g/mol. The van der Waals surface area contributed by atoms with Crippen molar-refractivity contribution in [2.24, 2.45) is 12.0 Å². The van der Waals surface area contributed by atoms with Gasteiger partial charge in [0.1, 0.15) is 0 Å². The molecule has 3 rings (SSSR count). The Morgan fingerprint density at radius 2 is 1.96 bits per heavy atom. The van der Waals surface area contributed by atoms with Gasteiger partial charge in [0.2, 0.25) is 0 Å². The number of carbonyl (C=O) groups excluding carboxylic acids is 1. The van der Waals surface area contributed by atoms with Crippen LogP contribution in [0.5, 0.6) is 0 Å². The smallest absolute Gasteiger partial charge is 0.319 e. The largest absolute Gasteiger partial charge is 0.348 e. The number of hydrogen-bond acceptors (Lipinski definition) is 2. The number of hydrogen-bond donors (Lipinski definition) is 1. The van der Waals surface area contributed by atoms with Gasteiger partial charge in [-0.05, 0) is 42.8 Å². The second-order valence-corrected chi connectivity index (χ2v) is 6.91. The standard InChI is InChI=1S/C16H13Cl2N3OS/c1-9-3-6-13-14(7-9)23-16(21(13)2)20-15(22)19-10-4-5-11(17)12(18)8-10/h3-8H,1-2H3,(H,19,22). The zero-order valence-electron chi connectivity index (χ0n) is 12.4. The van der Waals surface area contributed by atoms with E-state index >= 15 is 0 Å². The van der Waals surface area contributed by atoms with Gasteiger partial charge >= 0.3 is 6.03 Å². The fourth-order valence-corrected chi connectivity index (χ4v) is 3.57. The molecule has 7 heteroatoms. The Morgan fingerprint density at radius 3 is 2.70 bits per heavy atom. The van der Waals surface area contributed by atoms with Crippen molar-refractivity contribution >= 4 is 56.5 Å². The summed E-state index contributed by atoms with van der Waals surface area (Å²) in [6.07, 6.45) is 0. The molecule has 4 nitrogen and oxygen atoms in total. The number of anilines is 1. The molecule has 23 heavy (non-hydrogen) atoms. The normalized spacial score (nSPS) is 11.9. The first-order valence-electron chi connectivity index (χ1n) is 6.81. The fraction of sp³-hybridized carbons (Fsp3) is 0.125. The Kier molecular flexibility index (Phi) is 4.43. The first kappa shape index (κ1) is 16.1. The molecule has 0 aliphatic heterocycles. The van der Waals surface area contributed by atoms with Gasteiger partial charge in [-0.25, -0.2) is 4.79 Å². The quantitative estimate of drug-likeness (QED) is 0.648. The second-order valence-electron chi connectivity index (χ2n) is 5.09. The third-order valence-corrected chi connectivity index (χ3v) is 5.17. The second kappa shape index (κ2) is 6.35. The molecule has 2 amide bonds. The van der Waals surface area contributed by atoms with E-state index in [1.165, 1.54) is 16.9 Å². The molecule has 0 aliphatic rings. The number of rotatable bonds is 1. The van der Waals surface area contributed by atoms with Gasteiger partial charge in [0.05, 0.1) is 20.3 Å². The van der Waals surface area contributed by atoms with E-state index in [-0.39, 0.29) is 0 Å². The zero-order valence-corrected chi connectivity index (χ0v) is 14.8. The first-order chi connectivity index (χ1) is 10.9. The van der Waals surface area contributed by atoms with Crippen LogP contribution < -0.4 is 10.1 Å². The molecule has 0 bridgehead atoms. The summed E-state index contributed by atoms with van der Waals surface area (Å²) in [6.45, 7) is 2.03. The molecule has 0 radical (unpaired) electrons. The summed E-state index contributed by atoms with van der Waals surface area (Å²) in [6, 6.07) is 10.6. The number of aryl methyl sites for hydroxylation is 2. The molecule has 0 unspecified atom stereocenters. The van der Waals surface area contributed by atoms with E-state index < -0.39 is 6.03 Å². The van der Waals surface area contributed by atoms with Crippen molar-refractivity contribution in [3.05, 3.63) is 56.8 Å². The van der Waals surface area contributed by atoms with E-state index in [0.717, 1.165) is 10.2 Å². The van der Waals surface area contributed by atoms with Gasteiger partial charge in [0.15, 0.2) is 4.80 Å². The van der Waals surface area contributed by atoms with Gasteiger partial charge in [-0.3, -0.25) is 0 Å². The lowest BCUT2D eigenvalue weighted by molar-refractivity contribution is 0.259. The number of benzene rings is 2. The molecular formula is C16H13Cl2N3OS. The highest BCUT2D eigenvalue weighted by molar-refractivity contribution is 7.16. The van der Waals surface area contributed by atoms with Crippen LogP contribution in [-0.4, -0.2) is 10.6 Å². The predicted molar refractivity (Wildman–Crippen MR) is 96.6 cm³/mol. The lowest BCUT2D eigenvalue weighted by Crippen LogP contribution is -2.16. The Bertz CT molecular complexity index is 975. The molecule has 1 heterocycles. The molecule has 0 saturated carbocycles. The maximum absolute atomic E-state index is 12.1. The summed E-state index contributed by atoms with van der Waals surface area (Å²) in [5.74, 6) is 0. The maximum Gasteiger partial charge on any atom is 0.348 e. The molecule has 0 atom stereocenters. The van der Waals surface area contributed by atoms with Crippen LogP contribution in [0.25, 0.3) is 10.2 Å². The van der Waals surface area contributed by atoms with E-state index in [2.05, 4.69) is 16.4 Å².